The highest BCUT2D eigenvalue weighted by atomic mass is 35.5. The highest BCUT2D eigenvalue weighted by molar-refractivity contribution is 7.34. The molecule has 142 valence electrons. The van der Waals surface area contributed by atoms with Crippen molar-refractivity contribution in [2.24, 2.45) is 0 Å². The number of benzene rings is 4. The lowest BCUT2D eigenvalue weighted by Gasteiger charge is -2.14. The molecule has 0 aliphatic carbocycles. The van der Waals surface area contributed by atoms with Crippen LogP contribution in [0.1, 0.15) is 0 Å². The Morgan fingerprint density at radius 3 is 1.43 bits per heavy atom. The fourth-order valence-corrected chi connectivity index (χ4v) is 4.17. The van der Waals surface area contributed by atoms with Crippen molar-refractivity contribution in [3.05, 3.63) is 70.7 Å². The molecule has 0 saturated carbocycles. The fraction of sp³-hybridized carbons (Fsp3) is 0. The number of halogens is 2. The summed E-state index contributed by atoms with van der Waals surface area (Å²) >= 11 is 12.4. The molecule has 4 aromatic carbocycles. The van der Waals surface area contributed by atoms with E-state index in [2.05, 4.69) is 0 Å². The minimum Gasteiger partial charge on any atom is -0.417 e. The molecule has 0 amide bonds. The number of hydrogen-bond donors (Lipinski definition) is 2. The van der Waals surface area contributed by atoms with Crippen LogP contribution in [-0.4, -0.2) is 0 Å². The molecule has 0 spiro atoms. The lowest BCUT2D eigenvalue weighted by atomic mass is 10.1. The third-order valence-electron chi connectivity index (χ3n) is 4.38. The minimum absolute atomic E-state index is 0.310. The molecule has 0 radical (unpaired) electrons. The Bertz CT molecular complexity index is 1150. The normalized spacial score (nSPS) is 11.2. The molecule has 0 atom stereocenters. The number of rotatable bonds is 4. The molecule has 0 aliphatic rings. The third-order valence-corrected chi connectivity index (χ3v) is 5.78. The lowest BCUT2D eigenvalue weighted by Crippen LogP contribution is -1.95. The number of nitrogen functional groups attached to an aromatic ring is 2. The van der Waals surface area contributed by atoms with Crippen molar-refractivity contribution in [2.75, 3.05) is 11.5 Å². The van der Waals surface area contributed by atoms with Crippen molar-refractivity contribution in [1.82, 2.24) is 0 Å². The molecule has 0 fully saturated rings. The summed E-state index contributed by atoms with van der Waals surface area (Å²) in [5.41, 5.74) is 12.9. The van der Waals surface area contributed by atoms with Crippen LogP contribution < -0.4 is 20.5 Å². The summed E-state index contributed by atoms with van der Waals surface area (Å²) in [7, 11) is -2.98. The van der Waals surface area contributed by atoms with Gasteiger partial charge in [0.15, 0.2) is 0 Å². The third kappa shape index (κ3) is 3.33. The Morgan fingerprint density at radius 2 is 1.04 bits per heavy atom. The van der Waals surface area contributed by atoms with Crippen molar-refractivity contribution in [3.63, 3.8) is 0 Å². The molecule has 8 heteroatoms. The molecule has 4 N–H and O–H groups in total. The monoisotopic (exact) mass is 432 g/mol. The predicted octanol–water partition coefficient (Wildman–Crippen LogP) is 6.31. The van der Waals surface area contributed by atoms with Crippen molar-refractivity contribution < 1.29 is 13.6 Å². The van der Waals surface area contributed by atoms with Gasteiger partial charge in [-0.25, -0.2) is 4.57 Å². The van der Waals surface area contributed by atoms with E-state index < -0.39 is 8.25 Å². The van der Waals surface area contributed by atoms with Gasteiger partial charge < -0.3 is 20.5 Å². The summed E-state index contributed by atoms with van der Waals surface area (Å²) in [4.78, 5) is 0. The van der Waals surface area contributed by atoms with Crippen LogP contribution in [0.3, 0.4) is 0 Å². The van der Waals surface area contributed by atoms with Gasteiger partial charge in [-0.2, -0.15) is 0 Å². The van der Waals surface area contributed by atoms with Crippen molar-refractivity contribution in [1.29, 1.82) is 0 Å². The number of hydrogen-bond acceptors (Lipinski definition) is 5. The minimum atomic E-state index is -2.98. The van der Waals surface area contributed by atoms with Gasteiger partial charge in [-0.3, -0.25) is 0 Å². The topological polar surface area (TPSA) is 87.6 Å². The maximum atomic E-state index is 12.7. The van der Waals surface area contributed by atoms with Crippen molar-refractivity contribution in [2.45, 2.75) is 0 Å². The van der Waals surface area contributed by atoms with Crippen LogP contribution in [-0.2, 0) is 4.57 Å². The first-order chi connectivity index (χ1) is 13.5. The van der Waals surface area contributed by atoms with Gasteiger partial charge in [0.05, 0.1) is 21.4 Å². The quantitative estimate of drug-likeness (QED) is 0.291. The zero-order chi connectivity index (χ0) is 19.8. The van der Waals surface area contributed by atoms with Crippen LogP contribution >= 0.6 is 31.5 Å². The zero-order valence-electron chi connectivity index (χ0n) is 14.4. The van der Waals surface area contributed by atoms with Gasteiger partial charge in [0.1, 0.15) is 11.5 Å². The molecular formula is C20H15Cl2N2O3P. The average Bonchev–Trinajstić information content (AvgIpc) is 2.70. The van der Waals surface area contributed by atoms with E-state index in [-0.39, 0.29) is 0 Å². The summed E-state index contributed by atoms with van der Waals surface area (Å²) in [6, 6.07) is 17.6. The maximum absolute atomic E-state index is 12.7. The van der Waals surface area contributed by atoms with Gasteiger partial charge >= 0.3 is 8.25 Å². The fourth-order valence-electron chi connectivity index (χ4n) is 3.03. The second kappa shape index (κ2) is 7.44. The Hall–Kier alpha value is -2.59. The van der Waals surface area contributed by atoms with E-state index in [4.69, 9.17) is 43.7 Å². The Balaban J connectivity index is 1.70. The molecular weight excluding hydrogens is 418 g/mol. The predicted molar refractivity (Wildman–Crippen MR) is 117 cm³/mol. The van der Waals surface area contributed by atoms with Gasteiger partial charge in [-0.15, -0.1) is 0 Å². The Kier molecular flexibility index (Phi) is 4.98. The SMILES string of the molecule is Nc1c(Cl)cc(O[PH](=O)Oc2cc(Cl)c(N)c3ccccc23)c2ccccc12. The van der Waals surface area contributed by atoms with Crippen LogP contribution in [0.15, 0.2) is 60.7 Å². The second-order valence-corrected chi connectivity index (χ2v) is 7.81. The molecule has 0 aromatic heterocycles. The Labute approximate surface area is 171 Å². The Morgan fingerprint density at radius 1 is 0.679 bits per heavy atom. The van der Waals surface area contributed by atoms with Crippen molar-refractivity contribution in [3.8, 4) is 11.5 Å². The molecule has 5 nitrogen and oxygen atoms in total. The maximum Gasteiger partial charge on any atom is 0.419 e. The van der Waals surface area contributed by atoms with Gasteiger partial charge in [0.2, 0.25) is 0 Å². The van der Waals surface area contributed by atoms with E-state index in [1.54, 1.807) is 0 Å². The molecule has 0 saturated heterocycles. The van der Waals surface area contributed by atoms with E-state index >= 15 is 0 Å². The van der Waals surface area contributed by atoms with Gasteiger partial charge in [0.25, 0.3) is 0 Å². The summed E-state index contributed by atoms with van der Waals surface area (Å²) in [5.74, 6) is 0.647. The first-order valence-corrected chi connectivity index (χ1v) is 10.3. The molecule has 0 aliphatic heterocycles. The van der Waals surface area contributed by atoms with Gasteiger partial charge in [-0.05, 0) is 0 Å². The zero-order valence-corrected chi connectivity index (χ0v) is 16.9. The van der Waals surface area contributed by atoms with Crippen LogP contribution in [0.2, 0.25) is 10.0 Å². The molecule has 0 unspecified atom stereocenters. The molecule has 0 bridgehead atoms. The number of anilines is 2. The molecule has 4 aromatic rings. The lowest BCUT2D eigenvalue weighted by molar-refractivity contribution is 0.419. The van der Waals surface area contributed by atoms with E-state index in [1.807, 2.05) is 48.5 Å². The van der Waals surface area contributed by atoms with Crippen LogP contribution in [0.25, 0.3) is 21.5 Å². The summed E-state index contributed by atoms with van der Waals surface area (Å²) in [6.07, 6.45) is 0. The average molecular weight is 433 g/mol. The number of nitrogens with two attached hydrogens (primary N) is 2. The van der Waals surface area contributed by atoms with Crippen LogP contribution in [0, 0.1) is 0 Å². The highest BCUT2D eigenvalue weighted by Crippen LogP contribution is 2.43. The van der Waals surface area contributed by atoms with Gasteiger partial charge in [0, 0.05) is 33.7 Å². The highest BCUT2D eigenvalue weighted by Gasteiger charge is 2.15. The van der Waals surface area contributed by atoms with E-state index in [0.717, 1.165) is 0 Å². The van der Waals surface area contributed by atoms with E-state index in [1.165, 1.54) is 12.1 Å². The standard InChI is InChI=1S/C20H15Cl2N2O3P/c21-15-9-17(11-5-1-3-7-13(11)19(15)23)26-28(25)27-18-10-16(22)20(24)14-8-4-2-6-12(14)18/h1-10,28H,23-24H2. The first-order valence-electron chi connectivity index (χ1n) is 8.29. The first kappa shape index (κ1) is 18.8. The van der Waals surface area contributed by atoms with E-state index in [9.17, 15) is 4.57 Å². The summed E-state index contributed by atoms with van der Waals surface area (Å²) in [5, 5.41) is 3.41. The summed E-state index contributed by atoms with van der Waals surface area (Å²) in [6.45, 7) is 0. The smallest absolute Gasteiger partial charge is 0.417 e. The summed E-state index contributed by atoms with van der Waals surface area (Å²) < 4.78 is 23.8. The second-order valence-electron chi connectivity index (χ2n) is 6.09. The van der Waals surface area contributed by atoms with Gasteiger partial charge in [-0.1, -0.05) is 71.7 Å². The number of fused-ring (bicyclic) bond motifs is 2. The molecule has 28 heavy (non-hydrogen) atoms. The van der Waals surface area contributed by atoms with E-state index in [0.29, 0.717) is 54.5 Å². The molecule has 0 heterocycles. The molecule has 4 rings (SSSR count). The van der Waals surface area contributed by atoms with Crippen LogP contribution in [0.4, 0.5) is 11.4 Å². The van der Waals surface area contributed by atoms with Crippen LogP contribution in [0.5, 0.6) is 11.5 Å². The largest absolute Gasteiger partial charge is 0.419 e. The van der Waals surface area contributed by atoms with Crippen molar-refractivity contribution >= 4 is 64.4 Å².